The molecule has 1 saturated heterocycles. The summed E-state index contributed by atoms with van der Waals surface area (Å²) in [5.74, 6) is -0.417. The van der Waals surface area contributed by atoms with Crippen LogP contribution in [-0.2, 0) is 19.6 Å². The first-order valence-corrected chi connectivity index (χ1v) is 11.4. The average molecular weight is 455 g/mol. The Morgan fingerprint density at radius 2 is 1.78 bits per heavy atom. The van der Waals surface area contributed by atoms with Crippen LogP contribution in [-0.4, -0.2) is 44.8 Å². The lowest BCUT2D eigenvalue weighted by molar-refractivity contribution is -0.132. The fraction of sp³-hybridized carbons (Fsp3) is 0.227. The highest BCUT2D eigenvalue weighted by Gasteiger charge is 2.19. The molecular weight excluding hydrogens is 432 g/mol. The predicted octanol–water partition coefficient (Wildman–Crippen LogP) is 1.88. The number of hydrogen-bond donors (Lipinski definition) is 2. The number of primary sulfonamides is 1. The van der Waals surface area contributed by atoms with Gasteiger partial charge in [-0.1, -0.05) is 18.2 Å². The Bertz CT molecular complexity index is 1180. The predicted molar refractivity (Wildman–Crippen MR) is 118 cm³/mol. The number of benzene rings is 2. The molecule has 2 aromatic carbocycles. The van der Waals surface area contributed by atoms with E-state index in [-0.39, 0.29) is 23.0 Å². The van der Waals surface area contributed by atoms with Crippen molar-refractivity contribution in [2.45, 2.75) is 17.7 Å². The number of amides is 2. The van der Waals surface area contributed by atoms with Gasteiger partial charge in [0.2, 0.25) is 10.0 Å². The van der Waals surface area contributed by atoms with Crippen LogP contribution < -0.4 is 15.2 Å². The third-order valence-electron chi connectivity index (χ3n) is 4.83. The van der Waals surface area contributed by atoms with Gasteiger partial charge < -0.3 is 15.0 Å². The second-order valence-corrected chi connectivity index (χ2v) is 8.67. The van der Waals surface area contributed by atoms with Crippen molar-refractivity contribution in [2.75, 3.05) is 25.0 Å². The lowest BCUT2D eigenvalue weighted by Gasteiger charge is -2.16. The van der Waals surface area contributed by atoms with E-state index in [0.29, 0.717) is 17.0 Å². The molecule has 10 heteroatoms. The van der Waals surface area contributed by atoms with Gasteiger partial charge in [0.05, 0.1) is 4.90 Å². The number of carbonyl (C=O) groups is 2. The van der Waals surface area contributed by atoms with Gasteiger partial charge in [0, 0.05) is 24.3 Å². The minimum absolute atomic E-state index is 0.0962. The van der Waals surface area contributed by atoms with Gasteiger partial charge in [0.1, 0.15) is 17.4 Å². The zero-order chi connectivity index (χ0) is 23.1. The number of nitrogens with two attached hydrogens (primary N) is 1. The fourth-order valence-corrected chi connectivity index (χ4v) is 3.67. The average Bonchev–Trinajstić information content (AvgIpc) is 3.31. The Kier molecular flexibility index (Phi) is 7.25. The number of carbonyl (C=O) groups excluding carboxylic acids is 2. The summed E-state index contributed by atoms with van der Waals surface area (Å²) in [6.07, 6.45) is 3.33. The van der Waals surface area contributed by atoms with Gasteiger partial charge >= 0.3 is 0 Å². The zero-order valence-electron chi connectivity index (χ0n) is 17.2. The Morgan fingerprint density at radius 3 is 2.41 bits per heavy atom. The van der Waals surface area contributed by atoms with Crippen molar-refractivity contribution in [3.8, 4) is 11.8 Å². The van der Waals surface area contributed by atoms with E-state index in [1.165, 1.54) is 30.3 Å². The largest absolute Gasteiger partial charge is 0.483 e. The molecule has 1 heterocycles. The zero-order valence-corrected chi connectivity index (χ0v) is 18.0. The van der Waals surface area contributed by atoms with E-state index in [1.54, 1.807) is 29.2 Å². The third kappa shape index (κ3) is 5.94. The smallest absolute Gasteiger partial charge is 0.266 e. The van der Waals surface area contributed by atoms with Crippen molar-refractivity contribution in [2.24, 2.45) is 5.14 Å². The highest BCUT2D eigenvalue weighted by Crippen LogP contribution is 2.22. The van der Waals surface area contributed by atoms with Gasteiger partial charge in [0.25, 0.3) is 11.8 Å². The second kappa shape index (κ2) is 10.1. The lowest BCUT2D eigenvalue weighted by atomic mass is 10.1. The molecule has 0 aromatic heterocycles. The number of hydrogen-bond acceptors (Lipinski definition) is 6. The third-order valence-corrected chi connectivity index (χ3v) is 5.76. The molecule has 0 radical (unpaired) electrons. The van der Waals surface area contributed by atoms with Gasteiger partial charge in [-0.25, -0.2) is 13.6 Å². The van der Waals surface area contributed by atoms with Gasteiger partial charge in [0.15, 0.2) is 6.61 Å². The van der Waals surface area contributed by atoms with E-state index < -0.39 is 15.9 Å². The minimum Gasteiger partial charge on any atom is -0.483 e. The Morgan fingerprint density at radius 1 is 1.12 bits per heavy atom. The van der Waals surface area contributed by atoms with Gasteiger partial charge in [-0.15, -0.1) is 0 Å². The molecule has 0 saturated carbocycles. The second-order valence-electron chi connectivity index (χ2n) is 7.11. The summed E-state index contributed by atoms with van der Waals surface area (Å²) in [4.78, 5) is 26.4. The number of likely N-dealkylation sites (tertiary alicyclic amines) is 1. The van der Waals surface area contributed by atoms with Crippen molar-refractivity contribution in [1.29, 1.82) is 5.26 Å². The molecule has 32 heavy (non-hydrogen) atoms. The van der Waals surface area contributed by atoms with Crippen LogP contribution >= 0.6 is 0 Å². The number of nitrogens with one attached hydrogen (secondary N) is 1. The summed E-state index contributed by atoms with van der Waals surface area (Å²) in [5, 5.41) is 17.0. The highest BCUT2D eigenvalue weighted by atomic mass is 32.2. The Balaban J connectivity index is 1.72. The summed E-state index contributed by atoms with van der Waals surface area (Å²) in [7, 11) is -3.85. The van der Waals surface area contributed by atoms with Crippen molar-refractivity contribution in [3.63, 3.8) is 0 Å². The van der Waals surface area contributed by atoms with Crippen LogP contribution in [0.3, 0.4) is 0 Å². The van der Waals surface area contributed by atoms with E-state index >= 15 is 0 Å². The molecule has 9 nitrogen and oxygen atoms in total. The number of para-hydroxylation sites is 1. The summed E-state index contributed by atoms with van der Waals surface area (Å²) >= 11 is 0. The van der Waals surface area contributed by atoms with Gasteiger partial charge in [-0.3, -0.25) is 9.59 Å². The summed E-state index contributed by atoms with van der Waals surface area (Å²) in [6.45, 7) is 1.32. The van der Waals surface area contributed by atoms with Crippen LogP contribution in [0.25, 0.3) is 6.08 Å². The van der Waals surface area contributed by atoms with E-state index in [9.17, 15) is 23.3 Å². The maximum atomic E-state index is 12.5. The lowest BCUT2D eigenvalue weighted by Crippen LogP contribution is -2.32. The summed E-state index contributed by atoms with van der Waals surface area (Å²) in [6, 6.07) is 13.9. The molecule has 166 valence electrons. The molecule has 0 spiro atoms. The van der Waals surface area contributed by atoms with Crippen LogP contribution in [0.5, 0.6) is 5.75 Å². The molecule has 3 rings (SSSR count). The van der Waals surface area contributed by atoms with E-state index in [0.717, 1.165) is 25.9 Å². The molecule has 1 fully saturated rings. The van der Waals surface area contributed by atoms with E-state index in [4.69, 9.17) is 9.88 Å². The van der Waals surface area contributed by atoms with Crippen LogP contribution in [0.1, 0.15) is 18.4 Å². The topological polar surface area (TPSA) is 143 Å². The normalized spacial score (nSPS) is 14.0. The minimum atomic E-state index is -3.85. The molecule has 0 unspecified atom stereocenters. The molecule has 0 aliphatic carbocycles. The van der Waals surface area contributed by atoms with Crippen LogP contribution in [0.4, 0.5) is 5.69 Å². The number of ether oxygens (including phenoxy) is 1. The van der Waals surface area contributed by atoms with E-state index in [1.807, 2.05) is 6.07 Å². The molecule has 2 aromatic rings. The molecule has 1 aliphatic rings. The van der Waals surface area contributed by atoms with Gasteiger partial charge in [-0.05, 0) is 49.2 Å². The first kappa shape index (κ1) is 23.0. The highest BCUT2D eigenvalue weighted by molar-refractivity contribution is 7.89. The molecule has 1 aliphatic heterocycles. The van der Waals surface area contributed by atoms with Crippen molar-refractivity contribution < 1.29 is 22.7 Å². The van der Waals surface area contributed by atoms with Gasteiger partial charge in [-0.2, -0.15) is 5.26 Å². The number of rotatable bonds is 7. The monoisotopic (exact) mass is 454 g/mol. The SMILES string of the molecule is N#C/C(=C\c1ccccc1OCC(=O)N1CCCC1)C(=O)Nc1ccc(S(N)(=O)=O)cc1. The number of sulfonamides is 1. The molecule has 0 atom stereocenters. The van der Waals surface area contributed by atoms with Crippen molar-refractivity contribution in [3.05, 3.63) is 59.7 Å². The van der Waals surface area contributed by atoms with E-state index in [2.05, 4.69) is 5.32 Å². The number of anilines is 1. The number of nitrogens with zero attached hydrogens (tertiary/aromatic N) is 2. The maximum absolute atomic E-state index is 12.5. The molecule has 0 bridgehead atoms. The molecule has 3 N–H and O–H groups in total. The first-order valence-electron chi connectivity index (χ1n) is 9.83. The number of nitriles is 1. The first-order chi connectivity index (χ1) is 15.3. The Labute approximate surface area is 186 Å². The summed E-state index contributed by atoms with van der Waals surface area (Å²) in [5.41, 5.74) is 0.574. The van der Waals surface area contributed by atoms with Crippen LogP contribution in [0, 0.1) is 11.3 Å². The van der Waals surface area contributed by atoms with Crippen LogP contribution in [0.2, 0.25) is 0 Å². The Hall–Kier alpha value is -3.68. The fourth-order valence-electron chi connectivity index (χ4n) is 3.16. The quantitative estimate of drug-likeness (QED) is 0.483. The van der Waals surface area contributed by atoms with Crippen molar-refractivity contribution in [1.82, 2.24) is 4.90 Å². The maximum Gasteiger partial charge on any atom is 0.266 e. The molecule has 2 amide bonds. The standard InChI is InChI=1S/C22H22N4O5S/c23-14-17(22(28)25-18-7-9-19(10-8-18)32(24,29)30)13-16-5-1-2-6-20(16)31-15-21(27)26-11-3-4-12-26/h1-2,5-10,13H,3-4,11-12,15H2,(H,25,28)(H2,24,29,30)/b17-13+. The molecular formula is C22H22N4O5S. The summed E-state index contributed by atoms with van der Waals surface area (Å²) < 4.78 is 28.3. The van der Waals surface area contributed by atoms with Crippen molar-refractivity contribution >= 4 is 33.6 Å². The van der Waals surface area contributed by atoms with Crippen LogP contribution in [0.15, 0.2) is 59.0 Å².